The fraction of sp³-hybridized carbons (Fsp3) is 0.429. The van der Waals surface area contributed by atoms with Gasteiger partial charge in [-0.3, -0.25) is 4.99 Å². The molecule has 0 radical (unpaired) electrons. The Hall–Kier alpha value is -1.36. The molecule has 19 heavy (non-hydrogen) atoms. The largest absolute Gasteiger partial charge is 0.480 e. The highest BCUT2D eigenvalue weighted by Gasteiger charge is 2.06. The van der Waals surface area contributed by atoms with Crippen molar-refractivity contribution >= 4 is 22.1 Å². The van der Waals surface area contributed by atoms with Crippen LogP contribution in [0.1, 0.15) is 37.7 Å². The number of rotatable bonds is 4. The van der Waals surface area contributed by atoms with Gasteiger partial charge < -0.3 is 9.52 Å². The summed E-state index contributed by atoms with van der Waals surface area (Å²) in [5, 5.41) is 9.20. The molecule has 0 saturated heterocycles. The van der Waals surface area contributed by atoms with Crippen molar-refractivity contribution in [2.45, 2.75) is 32.1 Å². The van der Waals surface area contributed by atoms with Gasteiger partial charge in [0, 0.05) is 12.8 Å². The van der Waals surface area contributed by atoms with Gasteiger partial charge in [-0.1, -0.05) is 11.6 Å². The predicted molar refractivity (Wildman–Crippen MR) is 78.0 cm³/mol. The van der Waals surface area contributed by atoms with Crippen LogP contribution < -0.4 is 5.63 Å². The van der Waals surface area contributed by atoms with Crippen LogP contribution >= 0.6 is 15.9 Å². The maximum atomic E-state index is 11.4. The second-order valence-corrected chi connectivity index (χ2v) is 5.39. The summed E-state index contributed by atoms with van der Waals surface area (Å²) in [5.74, 6) is -0.408. The summed E-state index contributed by atoms with van der Waals surface area (Å²) in [6, 6.07) is 1.50. The number of nitrogens with zero attached hydrogens (tertiary/aromatic N) is 1. The molecule has 0 fully saturated rings. The van der Waals surface area contributed by atoms with E-state index in [4.69, 9.17) is 0 Å². The molecule has 1 aromatic rings. The van der Waals surface area contributed by atoms with Crippen LogP contribution in [-0.4, -0.2) is 17.9 Å². The fourth-order valence-electron chi connectivity index (χ4n) is 2.05. The van der Waals surface area contributed by atoms with Crippen LogP contribution in [0.2, 0.25) is 0 Å². The number of aromatic hydroxyl groups is 1. The molecular formula is C14H16BrNO3. The summed E-state index contributed by atoms with van der Waals surface area (Å²) >= 11 is 3.10. The smallest absolute Gasteiger partial charge is 0.347 e. The fourth-order valence-corrected chi connectivity index (χ4v) is 2.37. The second kappa shape index (κ2) is 6.70. The number of allylic oxidation sites excluding steroid dienone is 1. The standard InChI is InChI=1S/C14H16BrNO3/c15-12-8-11(13(17)19-14(12)18)9-16-7-6-10-4-2-1-3-5-10/h4,8-9,18H,1-3,5-7H2. The van der Waals surface area contributed by atoms with Gasteiger partial charge in [0.2, 0.25) is 0 Å². The Balaban J connectivity index is 1.94. The Bertz CT molecular complexity index is 560. The predicted octanol–water partition coefficient (Wildman–Crippen LogP) is 3.42. The highest BCUT2D eigenvalue weighted by Crippen LogP contribution is 2.21. The lowest BCUT2D eigenvalue weighted by Crippen LogP contribution is -2.06. The molecule has 1 aliphatic rings. The number of halogens is 1. The SMILES string of the molecule is O=c1oc(O)c(Br)cc1C=NCCC1=CCCCC1. The highest BCUT2D eigenvalue weighted by molar-refractivity contribution is 9.10. The van der Waals surface area contributed by atoms with Crippen LogP contribution in [-0.2, 0) is 0 Å². The lowest BCUT2D eigenvalue weighted by atomic mass is 9.97. The third kappa shape index (κ3) is 4.06. The normalized spacial score (nSPS) is 15.7. The van der Waals surface area contributed by atoms with E-state index in [0.717, 1.165) is 6.42 Å². The zero-order chi connectivity index (χ0) is 13.7. The van der Waals surface area contributed by atoms with Crippen LogP contribution in [0.5, 0.6) is 5.95 Å². The van der Waals surface area contributed by atoms with Gasteiger partial charge in [-0.05, 0) is 54.1 Å². The first-order chi connectivity index (χ1) is 9.16. The highest BCUT2D eigenvalue weighted by atomic mass is 79.9. The van der Waals surface area contributed by atoms with E-state index in [0.29, 0.717) is 16.6 Å². The average Bonchev–Trinajstić information content (AvgIpc) is 2.41. The average molecular weight is 326 g/mol. The minimum absolute atomic E-state index is 0.335. The Kier molecular flexibility index (Phi) is 4.96. The molecule has 0 amide bonds. The van der Waals surface area contributed by atoms with Gasteiger partial charge >= 0.3 is 5.63 Å². The molecule has 0 aromatic carbocycles. The molecule has 1 N–H and O–H groups in total. The molecule has 0 aliphatic heterocycles. The molecule has 1 aliphatic carbocycles. The van der Waals surface area contributed by atoms with Crippen LogP contribution in [0.4, 0.5) is 0 Å². The molecular weight excluding hydrogens is 310 g/mol. The molecule has 5 heteroatoms. The van der Waals surface area contributed by atoms with Crippen molar-refractivity contribution in [2.75, 3.05) is 6.54 Å². The van der Waals surface area contributed by atoms with E-state index in [1.165, 1.54) is 43.5 Å². The van der Waals surface area contributed by atoms with Crippen LogP contribution in [0.3, 0.4) is 0 Å². The number of hydrogen-bond donors (Lipinski definition) is 1. The first-order valence-corrected chi connectivity index (χ1v) is 7.16. The lowest BCUT2D eigenvalue weighted by molar-refractivity contribution is 0.305. The minimum atomic E-state index is -0.582. The Morgan fingerprint density at radius 2 is 2.32 bits per heavy atom. The van der Waals surface area contributed by atoms with Crippen molar-refractivity contribution in [1.82, 2.24) is 0 Å². The van der Waals surface area contributed by atoms with E-state index in [9.17, 15) is 9.90 Å². The van der Waals surface area contributed by atoms with Crippen molar-refractivity contribution in [3.05, 3.63) is 38.2 Å². The maximum Gasteiger partial charge on any atom is 0.347 e. The molecule has 0 atom stereocenters. The van der Waals surface area contributed by atoms with Gasteiger partial charge in [-0.25, -0.2) is 4.79 Å². The van der Waals surface area contributed by atoms with Crippen molar-refractivity contribution in [2.24, 2.45) is 4.99 Å². The van der Waals surface area contributed by atoms with Crippen LogP contribution in [0, 0.1) is 0 Å². The minimum Gasteiger partial charge on any atom is -0.480 e. The van der Waals surface area contributed by atoms with E-state index in [-0.39, 0.29) is 0 Å². The first-order valence-electron chi connectivity index (χ1n) is 6.37. The van der Waals surface area contributed by atoms with Gasteiger partial charge in [0.25, 0.3) is 5.95 Å². The van der Waals surface area contributed by atoms with E-state index < -0.39 is 11.6 Å². The van der Waals surface area contributed by atoms with E-state index in [2.05, 4.69) is 31.4 Å². The molecule has 4 nitrogen and oxygen atoms in total. The Labute approximate surface area is 120 Å². The van der Waals surface area contributed by atoms with Crippen molar-refractivity contribution < 1.29 is 9.52 Å². The Morgan fingerprint density at radius 3 is 3.05 bits per heavy atom. The maximum absolute atomic E-state index is 11.4. The number of aliphatic imine (C=N–C) groups is 1. The summed E-state index contributed by atoms with van der Waals surface area (Å²) in [5.41, 5.74) is 1.21. The molecule has 0 spiro atoms. The van der Waals surface area contributed by atoms with Crippen molar-refractivity contribution in [3.8, 4) is 5.95 Å². The van der Waals surface area contributed by atoms with Gasteiger partial charge in [0.05, 0.1) is 10.0 Å². The first kappa shape index (κ1) is 14.1. The van der Waals surface area contributed by atoms with Crippen molar-refractivity contribution in [1.29, 1.82) is 0 Å². The van der Waals surface area contributed by atoms with E-state index in [1.807, 2.05) is 0 Å². The summed E-state index contributed by atoms with van der Waals surface area (Å²) in [6.07, 6.45) is 9.64. The molecule has 2 rings (SSSR count). The zero-order valence-corrected chi connectivity index (χ0v) is 12.1. The van der Waals surface area contributed by atoms with Crippen molar-refractivity contribution in [3.63, 3.8) is 0 Å². The molecule has 1 aromatic heterocycles. The Morgan fingerprint density at radius 1 is 1.47 bits per heavy atom. The summed E-state index contributed by atoms with van der Waals surface area (Å²) in [7, 11) is 0. The second-order valence-electron chi connectivity index (χ2n) is 4.54. The summed E-state index contributed by atoms with van der Waals surface area (Å²) in [6.45, 7) is 0.670. The van der Waals surface area contributed by atoms with Gasteiger partial charge in [-0.15, -0.1) is 0 Å². The number of hydrogen-bond acceptors (Lipinski definition) is 4. The quantitative estimate of drug-likeness (QED) is 0.681. The molecule has 0 saturated carbocycles. The van der Waals surface area contributed by atoms with Crippen LogP contribution in [0.15, 0.2) is 36.4 Å². The molecule has 1 heterocycles. The summed E-state index contributed by atoms with van der Waals surface area (Å²) in [4.78, 5) is 15.7. The monoisotopic (exact) mass is 325 g/mol. The van der Waals surface area contributed by atoms with Gasteiger partial charge in [-0.2, -0.15) is 0 Å². The van der Waals surface area contributed by atoms with Crippen LogP contribution in [0.25, 0.3) is 0 Å². The van der Waals surface area contributed by atoms with E-state index in [1.54, 1.807) is 0 Å². The summed E-state index contributed by atoms with van der Waals surface area (Å²) < 4.78 is 4.99. The van der Waals surface area contributed by atoms with E-state index >= 15 is 0 Å². The third-order valence-electron chi connectivity index (χ3n) is 3.09. The molecule has 0 unspecified atom stereocenters. The van der Waals surface area contributed by atoms with Gasteiger partial charge in [0.1, 0.15) is 0 Å². The third-order valence-corrected chi connectivity index (χ3v) is 3.66. The topological polar surface area (TPSA) is 62.8 Å². The lowest BCUT2D eigenvalue weighted by Gasteiger charge is -2.10. The zero-order valence-electron chi connectivity index (χ0n) is 10.6. The molecule has 102 valence electrons. The van der Waals surface area contributed by atoms with Gasteiger partial charge in [0.15, 0.2) is 0 Å². The molecule has 0 bridgehead atoms.